The van der Waals surface area contributed by atoms with Crippen LogP contribution in [0.25, 0.3) is 56.5 Å². The Morgan fingerprint density at radius 1 is 0.528 bits per heavy atom. The van der Waals surface area contributed by atoms with E-state index in [0.29, 0.717) is 11.9 Å². The number of carbonyl (C=O) groups is 2. The predicted molar refractivity (Wildman–Crippen MR) is 279 cm³/mol. The smallest absolute Gasteiger partial charge is 0.253 e. The molecule has 0 saturated heterocycles. The molecule has 6 heterocycles. The van der Waals surface area contributed by atoms with E-state index in [9.17, 15) is 9.59 Å². The minimum Gasteiger partial charge on any atom is -0.383 e. The molecule has 0 aliphatic heterocycles. The van der Waals surface area contributed by atoms with Crippen molar-refractivity contribution >= 4 is 45.3 Å². The first-order valence-electron chi connectivity index (χ1n) is 24.1. The summed E-state index contributed by atoms with van der Waals surface area (Å²) in [4.78, 5) is 61.2. The minimum absolute atomic E-state index is 0.110. The highest BCUT2D eigenvalue weighted by atomic mass is 16.1. The van der Waals surface area contributed by atoms with Gasteiger partial charge in [-0.2, -0.15) is 9.78 Å². The van der Waals surface area contributed by atoms with Gasteiger partial charge in [0.1, 0.15) is 5.82 Å². The molecular weight excluding hydrogens is 901 g/mol. The van der Waals surface area contributed by atoms with Crippen LogP contribution in [0.4, 0.5) is 11.6 Å². The number of imidazole rings is 2. The fourth-order valence-corrected chi connectivity index (χ4v) is 10.2. The molecule has 6 aromatic heterocycles. The second-order valence-electron chi connectivity index (χ2n) is 19.4. The Labute approximate surface area is 415 Å². The van der Waals surface area contributed by atoms with E-state index in [1.54, 1.807) is 6.20 Å². The summed E-state index contributed by atoms with van der Waals surface area (Å²) in [5, 5.41) is 8.74. The van der Waals surface area contributed by atoms with Gasteiger partial charge in [-0.15, -0.1) is 5.10 Å². The lowest BCUT2D eigenvalue weighted by molar-refractivity contribution is 0.102. The van der Waals surface area contributed by atoms with E-state index in [1.807, 2.05) is 40.1 Å². The van der Waals surface area contributed by atoms with E-state index < -0.39 is 0 Å². The van der Waals surface area contributed by atoms with Crippen molar-refractivity contribution in [2.45, 2.75) is 94.9 Å². The standard InChI is InChI=1S/2C28H27N7O/c1-13-6-9-20-18(10-13)7-8-19-11-30-28(33-24(19)20)35-12-21(26(29)34-35)25(36)27-31-22-16(4)14(2)15(3)17(5)23(22)32-27;1-13-6-9-20-18(10-13)7-8-19-11-30-28(34-24(19)20)35-26(29)21(12-31-35)25(36)27-32-22-16(4)14(2)15(3)17(5)23(22)33-27/h6,9-12H,7-8H2,1-5H3,(H2,29,34)(H,31,32);6,9-12H,7-8,29H2,1-5H3,(H,32,33). The van der Waals surface area contributed by atoms with Gasteiger partial charge in [0.25, 0.3) is 11.9 Å². The molecule has 0 radical (unpaired) electrons. The number of fused-ring (bicyclic) bond motifs is 8. The van der Waals surface area contributed by atoms with Crippen molar-refractivity contribution in [1.82, 2.24) is 59.4 Å². The van der Waals surface area contributed by atoms with Crippen LogP contribution in [0.15, 0.2) is 61.2 Å². The van der Waals surface area contributed by atoms with Gasteiger partial charge in [0.15, 0.2) is 17.5 Å². The highest BCUT2D eigenvalue weighted by Gasteiger charge is 2.27. The van der Waals surface area contributed by atoms with Gasteiger partial charge in [-0.05, 0) is 162 Å². The Bertz CT molecular complexity index is 3760. The number of aryl methyl sites for hydroxylation is 10. The molecule has 10 aromatic rings. The van der Waals surface area contributed by atoms with Crippen LogP contribution in [0.5, 0.6) is 0 Å². The number of nitrogens with one attached hydrogen (secondary N) is 2. The maximum atomic E-state index is 13.4. The lowest BCUT2D eigenvalue weighted by atomic mass is 9.89. The SMILES string of the molecule is Cc1ccc2c(c1)CCc1cnc(-n3cc(C(=O)c4nc5c(C)c(C)c(C)c(C)c5[nH]4)c(N)n3)nc1-2.Cc1ccc2c(c1)CCc1cnc(-n3ncc(C(=O)c4nc5c(C)c(C)c(C)c(C)c5[nH]4)c3N)nc1-2. The largest absolute Gasteiger partial charge is 0.383 e. The number of anilines is 2. The third-order valence-corrected chi connectivity index (χ3v) is 15.2. The third-order valence-electron chi connectivity index (χ3n) is 15.2. The monoisotopic (exact) mass is 954 g/mol. The van der Waals surface area contributed by atoms with Crippen LogP contribution in [0.3, 0.4) is 0 Å². The number of hydrogen-bond donors (Lipinski definition) is 4. The zero-order valence-electron chi connectivity index (χ0n) is 42.0. The van der Waals surface area contributed by atoms with Gasteiger partial charge in [0.05, 0.1) is 50.8 Å². The minimum atomic E-state index is -0.317. The lowest BCUT2D eigenvalue weighted by Gasteiger charge is -2.19. The molecular formula is C56H54N14O2. The van der Waals surface area contributed by atoms with Crippen LogP contribution in [0, 0.1) is 69.2 Å². The highest BCUT2D eigenvalue weighted by Crippen LogP contribution is 2.36. The van der Waals surface area contributed by atoms with Crippen molar-refractivity contribution in [1.29, 1.82) is 0 Å². The van der Waals surface area contributed by atoms with E-state index in [0.717, 1.165) is 104 Å². The molecule has 6 N–H and O–H groups in total. The van der Waals surface area contributed by atoms with E-state index in [4.69, 9.17) is 21.4 Å². The molecule has 16 nitrogen and oxygen atoms in total. The number of nitrogens with zero attached hydrogens (tertiary/aromatic N) is 10. The number of nitrogen functional groups attached to an aromatic ring is 2. The molecule has 0 atom stereocenters. The van der Waals surface area contributed by atoms with Crippen LogP contribution >= 0.6 is 0 Å². The van der Waals surface area contributed by atoms with Gasteiger partial charge < -0.3 is 21.4 Å². The Morgan fingerprint density at radius 2 is 0.986 bits per heavy atom. The van der Waals surface area contributed by atoms with Crippen molar-refractivity contribution < 1.29 is 9.59 Å². The summed E-state index contributed by atoms with van der Waals surface area (Å²) >= 11 is 0. The maximum absolute atomic E-state index is 13.4. The number of benzene rings is 4. The molecule has 0 unspecified atom stereocenters. The summed E-state index contributed by atoms with van der Waals surface area (Å²) in [5.74, 6) is 0.841. The van der Waals surface area contributed by atoms with Gasteiger partial charge in [-0.3, -0.25) is 9.59 Å². The molecule has 0 saturated carbocycles. The Morgan fingerprint density at radius 3 is 1.51 bits per heavy atom. The first-order valence-corrected chi connectivity index (χ1v) is 24.1. The fourth-order valence-electron chi connectivity index (χ4n) is 10.2. The van der Waals surface area contributed by atoms with Crippen LogP contribution in [-0.4, -0.2) is 71.0 Å². The Hall–Kier alpha value is -8.66. The van der Waals surface area contributed by atoms with E-state index in [-0.39, 0.29) is 46.0 Å². The van der Waals surface area contributed by atoms with Crippen molar-refractivity contribution in [3.8, 4) is 34.4 Å². The summed E-state index contributed by atoms with van der Waals surface area (Å²) < 4.78 is 2.89. The average Bonchev–Trinajstić information content (AvgIpc) is 4.21. The maximum Gasteiger partial charge on any atom is 0.253 e. The van der Waals surface area contributed by atoms with E-state index in [2.05, 4.69) is 118 Å². The number of rotatable bonds is 6. The number of nitrogens with two attached hydrogens (primary N) is 2. The van der Waals surface area contributed by atoms with E-state index >= 15 is 0 Å². The average molecular weight is 955 g/mol. The zero-order chi connectivity index (χ0) is 50.6. The zero-order valence-corrected chi connectivity index (χ0v) is 42.0. The summed E-state index contributed by atoms with van der Waals surface area (Å²) in [6.45, 7) is 20.6. The van der Waals surface area contributed by atoms with Gasteiger partial charge >= 0.3 is 0 Å². The number of H-pyrrole nitrogens is 2. The highest BCUT2D eigenvalue weighted by molar-refractivity contribution is 6.12. The third kappa shape index (κ3) is 7.35. The van der Waals surface area contributed by atoms with Crippen molar-refractivity contribution in [2.24, 2.45) is 0 Å². The molecule has 2 aliphatic carbocycles. The predicted octanol–water partition coefficient (Wildman–Crippen LogP) is 9.32. The van der Waals surface area contributed by atoms with Gasteiger partial charge in [-0.25, -0.2) is 34.6 Å². The number of hydrogen-bond acceptors (Lipinski definition) is 12. The fraction of sp³-hybridized carbons (Fsp3) is 0.250. The van der Waals surface area contributed by atoms with Crippen molar-refractivity contribution in [3.63, 3.8) is 0 Å². The number of carbonyl (C=O) groups excluding carboxylic acids is 2. The summed E-state index contributed by atoms with van der Waals surface area (Å²) in [6, 6.07) is 12.8. The van der Waals surface area contributed by atoms with Gasteiger partial charge in [0.2, 0.25) is 11.6 Å². The normalized spacial score (nSPS) is 12.6. The summed E-state index contributed by atoms with van der Waals surface area (Å²) in [6.07, 6.45) is 10.4. The molecule has 0 spiro atoms. The molecule has 0 bridgehead atoms. The summed E-state index contributed by atoms with van der Waals surface area (Å²) in [7, 11) is 0. The first-order chi connectivity index (χ1) is 34.5. The first kappa shape index (κ1) is 45.8. The van der Waals surface area contributed by atoms with E-state index in [1.165, 1.54) is 60.1 Å². The molecule has 12 rings (SSSR count). The van der Waals surface area contributed by atoms with Crippen LogP contribution in [0.1, 0.15) is 110 Å². The lowest BCUT2D eigenvalue weighted by Crippen LogP contribution is -2.13. The van der Waals surface area contributed by atoms with Crippen LogP contribution in [0.2, 0.25) is 0 Å². The number of aromatic nitrogens is 12. The Kier molecular flexibility index (Phi) is 10.8. The quantitative estimate of drug-likeness (QED) is 0.114. The second kappa shape index (κ2) is 17.0. The number of ketones is 2. The van der Waals surface area contributed by atoms with Gasteiger partial charge in [0, 0.05) is 29.7 Å². The molecule has 4 aromatic carbocycles. The van der Waals surface area contributed by atoms with Crippen molar-refractivity contribution in [2.75, 3.05) is 11.5 Å². The number of aromatic amines is 2. The molecule has 16 heteroatoms. The molecule has 0 fully saturated rings. The second-order valence-corrected chi connectivity index (χ2v) is 19.4. The van der Waals surface area contributed by atoms with Crippen LogP contribution in [-0.2, 0) is 25.7 Å². The molecule has 0 amide bonds. The molecule has 2 aliphatic rings. The molecule has 360 valence electrons. The van der Waals surface area contributed by atoms with Crippen molar-refractivity contribution in [3.05, 3.63) is 162 Å². The Balaban J connectivity index is 0.000000156. The van der Waals surface area contributed by atoms with Gasteiger partial charge in [-0.1, -0.05) is 47.5 Å². The summed E-state index contributed by atoms with van der Waals surface area (Å²) in [5.41, 5.74) is 36.7. The topological polar surface area (TPSA) is 231 Å². The molecule has 72 heavy (non-hydrogen) atoms. The van der Waals surface area contributed by atoms with Crippen LogP contribution < -0.4 is 11.5 Å².